The molecule has 0 spiro atoms. The molecule has 0 N–H and O–H groups in total. The van der Waals surface area contributed by atoms with E-state index in [2.05, 4.69) is 29.8 Å². The quantitative estimate of drug-likeness (QED) is 0.767. The van der Waals surface area contributed by atoms with Crippen LogP contribution in [0.4, 0.5) is 0 Å². The van der Waals surface area contributed by atoms with Gasteiger partial charge in [-0.25, -0.2) is 0 Å². The zero-order chi connectivity index (χ0) is 13.3. The van der Waals surface area contributed by atoms with Gasteiger partial charge < -0.3 is 4.90 Å². The molecule has 2 nitrogen and oxygen atoms in total. The number of hydrogen-bond acceptors (Lipinski definition) is 1. The molecular formula is C15H20BrNO. The van der Waals surface area contributed by atoms with Crippen LogP contribution < -0.4 is 0 Å². The average Bonchev–Trinajstić information content (AvgIpc) is 2.32. The topological polar surface area (TPSA) is 20.3 Å². The van der Waals surface area contributed by atoms with Gasteiger partial charge in [0.15, 0.2) is 0 Å². The van der Waals surface area contributed by atoms with Crippen molar-refractivity contribution in [1.29, 1.82) is 0 Å². The summed E-state index contributed by atoms with van der Waals surface area (Å²) < 4.78 is 1.05. The van der Waals surface area contributed by atoms with Crippen molar-refractivity contribution in [2.45, 2.75) is 33.6 Å². The number of nitrogens with zero attached hydrogens (tertiary/aromatic N) is 1. The number of halogens is 1. The smallest absolute Gasteiger partial charge is 0.253 e. The molecule has 1 aliphatic heterocycles. The van der Waals surface area contributed by atoms with Gasteiger partial charge in [0.25, 0.3) is 5.91 Å². The number of benzene rings is 1. The maximum Gasteiger partial charge on any atom is 0.253 e. The standard InChI is InChI=1S/C15H20BrNO/c1-11-10-12(4-5-13(11)16)14(18)17-8-6-15(2,3)7-9-17/h4-5,10H,6-9H2,1-3H3. The van der Waals surface area contributed by atoms with Crippen LogP contribution in [-0.4, -0.2) is 23.9 Å². The highest BCUT2D eigenvalue weighted by Gasteiger charge is 2.28. The highest BCUT2D eigenvalue weighted by atomic mass is 79.9. The second-order valence-corrected chi connectivity index (χ2v) is 6.77. The van der Waals surface area contributed by atoms with Crippen LogP contribution in [0.5, 0.6) is 0 Å². The Morgan fingerprint density at radius 2 is 1.89 bits per heavy atom. The first-order chi connectivity index (χ1) is 8.39. The lowest BCUT2D eigenvalue weighted by atomic mass is 9.82. The number of hydrogen-bond donors (Lipinski definition) is 0. The van der Waals surface area contributed by atoms with E-state index in [1.165, 1.54) is 0 Å². The molecule has 1 fully saturated rings. The molecule has 1 saturated heterocycles. The Morgan fingerprint density at radius 1 is 1.28 bits per heavy atom. The van der Waals surface area contributed by atoms with Crippen molar-refractivity contribution in [2.24, 2.45) is 5.41 Å². The molecule has 0 aliphatic carbocycles. The number of likely N-dealkylation sites (tertiary alicyclic amines) is 1. The second-order valence-electron chi connectivity index (χ2n) is 5.92. The van der Waals surface area contributed by atoms with Crippen molar-refractivity contribution >= 4 is 21.8 Å². The third kappa shape index (κ3) is 2.94. The highest BCUT2D eigenvalue weighted by Crippen LogP contribution is 2.30. The second kappa shape index (κ2) is 5.04. The molecule has 0 aromatic heterocycles. The molecule has 0 unspecified atom stereocenters. The fraction of sp³-hybridized carbons (Fsp3) is 0.533. The fourth-order valence-corrected chi connectivity index (χ4v) is 2.52. The van der Waals surface area contributed by atoms with E-state index in [1.54, 1.807) is 0 Å². The first-order valence-electron chi connectivity index (χ1n) is 6.44. The lowest BCUT2D eigenvalue weighted by Gasteiger charge is -2.37. The predicted molar refractivity (Wildman–Crippen MR) is 77.8 cm³/mol. The number of rotatable bonds is 1. The zero-order valence-corrected chi connectivity index (χ0v) is 12.9. The third-order valence-electron chi connectivity index (χ3n) is 3.81. The van der Waals surface area contributed by atoms with E-state index in [1.807, 2.05) is 30.0 Å². The Bertz CT molecular complexity index is 458. The van der Waals surface area contributed by atoms with Crippen LogP contribution >= 0.6 is 15.9 Å². The van der Waals surface area contributed by atoms with Crippen LogP contribution in [-0.2, 0) is 0 Å². The lowest BCUT2D eigenvalue weighted by molar-refractivity contribution is 0.0630. The summed E-state index contributed by atoms with van der Waals surface area (Å²) >= 11 is 3.46. The predicted octanol–water partition coefficient (Wildman–Crippen LogP) is 4.02. The molecule has 1 aliphatic rings. The monoisotopic (exact) mass is 309 g/mol. The molecule has 1 amide bonds. The van der Waals surface area contributed by atoms with Crippen molar-refractivity contribution in [3.63, 3.8) is 0 Å². The van der Waals surface area contributed by atoms with Crippen LogP contribution in [0.25, 0.3) is 0 Å². The normalized spacial score (nSPS) is 18.8. The van der Waals surface area contributed by atoms with E-state index < -0.39 is 0 Å². The summed E-state index contributed by atoms with van der Waals surface area (Å²) in [7, 11) is 0. The van der Waals surface area contributed by atoms with E-state index in [9.17, 15) is 4.79 Å². The van der Waals surface area contributed by atoms with Crippen molar-refractivity contribution in [3.8, 4) is 0 Å². The maximum absolute atomic E-state index is 12.4. The van der Waals surface area contributed by atoms with Gasteiger partial charge >= 0.3 is 0 Å². The van der Waals surface area contributed by atoms with Crippen molar-refractivity contribution in [1.82, 2.24) is 4.90 Å². The number of aryl methyl sites for hydroxylation is 1. The molecule has 0 radical (unpaired) electrons. The minimum atomic E-state index is 0.168. The van der Waals surface area contributed by atoms with Gasteiger partial charge in [-0.1, -0.05) is 29.8 Å². The molecule has 98 valence electrons. The molecule has 3 heteroatoms. The van der Waals surface area contributed by atoms with Crippen LogP contribution in [0.15, 0.2) is 22.7 Å². The van der Waals surface area contributed by atoms with Gasteiger partial charge in [0.2, 0.25) is 0 Å². The van der Waals surface area contributed by atoms with E-state index >= 15 is 0 Å². The van der Waals surface area contributed by atoms with Crippen LogP contribution in [0.1, 0.15) is 42.6 Å². The van der Waals surface area contributed by atoms with Crippen LogP contribution in [0.2, 0.25) is 0 Å². The number of amides is 1. The molecule has 0 bridgehead atoms. The Hall–Kier alpha value is -0.830. The van der Waals surface area contributed by atoms with E-state index in [0.29, 0.717) is 5.41 Å². The van der Waals surface area contributed by atoms with Gasteiger partial charge in [0.05, 0.1) is 0 Å². The fourth-order valence-electron chi connectivity index (χ4n) is 2.28. The van der Waals surface area contributed by atoms with Crippen LogP contribution in [0, 0.1) is 12.3 Å². The van der Waals surface area contributed by atoms with Gasteiger partial charge in [-0.05, 0) is 48.9 Å². The molecule has 0 saturated carbocycles. The zero-order valence-electron chi connectivity index (χ0n) is 11.3. The van der Waals surface area contributed by atoms with Gasteiger partial charge in [-0.15, -0.1) is 0 Å². The average molecular weight is 310 g/mol. The molecule has 1 aromatic carbocycles. The van der Waals surface area contributed by atoms with Gasteiger partial charge in [0.1, 0.15) is 0 Å². The van der Waals surface area contributed by atoms with Crippen molar-refractivity contribution in [2.75, 3.05) is 13.1 Å². The Balaban J connectivity index is 2.10. The number of carbonyl (C=O) groups excluding carboxylic acids is 1. The van der Waals surface area contributed by atoms with Gasteiger partial charge in [-0.2, -0.15) is 0 Å². The van der Waals surface area contributed by atoms with E-state index in [-0.39, 0.29) is 5.91 Å². The molecular weight excluding hydrogens is 290 g/mol. The van der Waals surface area contributed by atoms with Crippen molar-refractivity contribution < 1.29 is 4.79 Å². The molecule has 18 heavy (non-hydrogen) atoms. The SMILES string of the molecule is Cc1cc(C(=O)N2CCC(C)(C)CC2)ccc1Br. The number of piperidine rings is 1. The molecule has 1 heterocycles. The third-order valence-corrected chi connectivity index (χ3v) is 4.70. The van der Waals surface area contributed by atoms with E-state index in [4.69, 9.17) is 0 Å². The Kier molecular flexibility index (Phi) is 3.81. The summed E-state index contributed by atoms with van der Waals surface area (Å²) in [5.74, 6) is 0.168. The Labute approximate surface area is 117 Å². The first kappa shape index (κ1) is 13.6. The summed E-state index contributed by atoms with van der Waals surface area (Å²) in [5.41, 5.74) is 2.29. The largest absolute Gasteiger partial charge is 0.339 e. The first-order valence-corrected chi connectivity index (χ1v) is 7.24. The maximum atomic E-state index is 12.4. The van der Waals surface area contributed by atoms with Gasteiger partial charge in [-0.3, -0.25) is 4.79 Å². The molecule has 0 atom stereocenters. The van der Waals surface area contributed by atoms with Crippen LogP contribution in [0.3, 0.4) is 0 Å². The minimum Gasteiger partial charge on any atom is -0.339 e. The molecule has 2 rings (SSSR count). The van der Waals surface area contributed by atoms with Crippen molar-refractivity contribution in [3.05, 3.63) is 33.8 Å². The highest BCUT2D eigenvalue weighted by molar-refractivity contribution is 9.10. The summed E-state index contributed by atoms with van der Waals surface area (Å²) in [6.07, 6.45) is 2.18. The molecule has 1 aromatic rings. The number of carbonyl (C=O) groups is 1. The lowest BCUT2D eigenvalue weighted by Crippen LogP contribution is -2.41. The summed E-state index contributed by atoms with van der Waals surface area (Å²) in [6, 6.07) is 5.82. The minimum absolute atomic E-state index is 0.168. The Morgan fingerprint density at radius 3 is 2.44 bits per heavy atom. The van der Waals surface area contributed by atoms with E-state index in [0.717, 1.165) is 41.5 Å². The summed E-state index contributed by atoms with van der Waals surface area (Å²) in [5, 5.41) is 0. The van der Waals surface area contributed by atoms with Gasteiger partial charge in [0, 0.05) is 23.1 Å². The summed E-state index contributed by atoms with van der Waals surface area (Å²) in [6.45, 7) is 8.32. The summed E-state index contributed by atoms with van der Waals surface area (Å²) in [4.78, 5) is 14.4.